The predicted molar refractivity (Wildman–Crippen MR) is 102 cm³/mol. The van der Waals surface area contributed by atoms with Crippen molar-refractivity contribution in [2.75, 3.05) is 17.8 Å². The van der Waals surface area contributed by atoms with Crippen molar-refractivity contribution >= 4 is 21.6 Å². The van der Waals surface area contributed by atoms with E-state index in [1.807, 2.05) is 13.8 Å². The molecule has 0 saturated carbocycles. The lowest BCUT2D eigenvalue weighted by Crippen LogP contribution is -2.57. The lowest BCUT2D eigenvalue weighted by atomic mass is 10.1. The van der Waals surface area contributed by atoms with E-state index in [4.69, 9.17) is 0 Å². The molecule has 0 aromatic heterocycles. The molecule has 2 N–H and O–H groups in total. The summed E-state index contributed by atoms with van der Waals surface area (Å²) in [6.45, 7) is 5.24. The molecule has 6 nitrogen and oxygen atoms in total. The Bertz CT molecular complexity index is 931. The van der Waals surface area contributed by atoms with Crippen molar-refractivity contribution in [2.24, 2.45) is 0 Å². The van der Waals surface area contributed by atoms with Crippen molar-refractivity contribution in [3.8, 4) is 0 Å². The van der Waals surface area contributed by atoms with Crippen LogP contribution in [0.3, 0.4) is 0 Å². The van der Waals surface area contributed by atoms with Gasteiger partial charge < -0.3 is 10.2 Å². The van der Waals surface area contributed by atoms with Crippen LogP contribution in [0.1, 0.15) is 24.2 Å². The monoisotopic (exact) mass is 391 g/mol. The van der Waals surface area contributed by atoms with Crippen LogP contribution in [-0.4, -0.2) is 44.4 Å². The van der Waals surface area contributed by atoms with Gasteiger partial charge in [-0.15, -0.1) is 0 Å². The number of carbonyl (C=O) groups excluding carboxylic acids is 1. The van der Waals surface area contributed by atoms with E-state index in [1.54, 1.807) is 17.0 Å². The van der Waals surface area contributed by atoms with Gasteiger partial charge in [0.25, 0.3) is 15.9 Å². The normalized spacial score (nSPS) is 20.3. The summed E-state index contributed by atoms with van der Waals surface area (Å²) >= 11 is 0. The zero-order valence-electron chi connectivity index (χ0n) is 15.1. The highest BCUT2D eigenvalue weighted by Crippen LogP contribution is 2.20. The van der Waals surface area contributed by atoms with Crippen LogP contribution >= 0.6 is 0 Å². The van der Waals surface area contributed by atoms with Crippen LogP contribution in [-0.2, 0) is 10.0 Å². The number of sulfonamides is 1. The van der Waals surface area contributed by atoms with Crippen LogP contribution in [0.4, 0.5) is 10.1 Å². The summed E-state index contributed by atoms with van der Waals surface area (Å²) in [7, 11) is -3.89. The maximum atomic E-state index is 13.0. The SMILES string of the molecule is CC1NCCN(C(=O)c2cccc(S(=O)(=O)Nc3ccc(F)cc3)c2)C1C. The van der Waals surface area contributed by atoms with E-state index in [2.05, 4.69) is 10.0 Å². The fourth-order valence-electron chi connectivity index (χ4n) is 3.04. The first-order valence-corrected chi connectivity index (χ1v) is 10.2. The molecule has 144 valence electrons. The summed E-state index contributed by atoms with van der Waals surface area (Å²) in [6, 6.07) is 11.1. The molecule has 0 radical (unpaired) electrons. The molecular weight excluding hydrogens is 369 g/mol. The van der Waals surface area contributed by atoms with Gasteiger partial charge in [-0.2, -0.15) is 0 Å². The van der Waals surface area contributed by atoms with Gasteiger partial charge in [0.05, 0.1) is 4.90 Å². The van der Waals surface area contributed by atoms with Gasteiger partial charge >= 0.3 is 0 Å². The van der Waals surface area contributed by atoms with E-state index in [9.17, 15) is 17.6 Å². The lowest BCUT2D eigenvalue weighted by Gasteiger charge is -2.38. The molecule has 0 spiro atoms. The predicted octanol–water partition coefficient (Wildman–Crippen LogP) is 2.45. The Morgan fingerprint density at radius 3 is 2.59 bits per heavy atom. The number of halogens is 1. The summed E-state index contributed by atoms with van der Waals surface area (Å²) in [5, 5.41) is 3.31. The Labute approximate surface area is 158 Å². The van der Waals surface area contributed by atoms with Gasteiger partial charge in [-0.1, -0.05) is 6.07 Å². The molecule has 2 atom stereocenters. The smallest absolute Gasteiger partial charge is 0.261 e. The van der Waals surface area contributed by atoms with Crippen LogP contribution in [0.25, 0.3) is 0 Å². The Morgan fingerprint density at radius 2 is 1.89 bits per heavy atom. The second-order valence-electron chi connectivity index (χ2n) is 6.62. The molecule has 3 rings (SSSR count). The van der Waals surface area contributed by atoms with Crippen LogP contribution in [0.5, 0.6) is 0 Å². The minimum atomic E-state index is -3.89. The van der Waals surface area contributed by atoms with E-state index in [0.29, 0.717) is 18.7 Å². The second-order valence-corrected chi connectivity index (χ2v) is 8.30. The number of piperazine rings is 1. The highest BCUT2D eigenvalue weighted by atomic mass is 32.2. The summed E-state index contributed by atoms with van der Waals surface area (Å²) in [6.07, 6.45) is 0. The average Bonchev–Trinajstić information content (AvgIpc) is 2.65. The van der Waals surface area contributed by atoms with Crippen LogP contribution < -0.4 is 10.0 Å². The number of hydrogen-bond acceptors (Lipinski definition) is 4. The lowest BCUT2D eigenvalue weighted by molar-refractivity contribution is 0.0602. The van der Waals surface area contributed by atoms with E-state index < -0.39 is 15.8 Å². The minimum absolute atomic E-state index is 0.00357. The van der Waals surface area contributed by atoms with Gasteiger partial charge in [-0.3, -0.25) is 9.52 Å². The van der Waals surface area contributed by atoms with E-state index in [0.717, 1.165) is 0 Å². The van der Waals surface area contributed by atoms with Crippen molar-refractivity contribution < 1.29 is 17.6 Å². The highest BCUT2D eigenvalue weighted by molar-refractivity contribution is 7.92. The molecule has 2 unspecified atom stereocenters. The summed E-state index contributed by atoms with van der Waals surface area (Å²) in [4.78, 5) is 14.6. The minimum Gasteiger partial charge on any atom is -0.333 e. The molecule has 8 heteroatoms. The highest BCUT2D eigenvalue weighted by Gasteiger charge is 2.29. The number of hydrogen-bond donors (Lipinski definition) is 2. The van der Waals surface area contributed by atoms with Crippen molar-refractivity contribution in [3.63, 3.8) is 0 Å². The first-order valence-electron chi connectivity index (χ1n) is 8.71. The molecule has 1 amide bonds. The molecule has 0 bridgehead atoms. The molecule has 27 heavy (non-hydrogen) atoms. The molecule has 1 aliphatic heterocycles. The van der Waals surface area contributed by atoms with Crippen LogP contribution in [0, 0.1) is 5.82 Å². The third-order valence-electron chi connectivity index (χ3n) is 4.78. The number of anilines is 1. The average molecular weight is 391 g/mol. The van der Waals surface area contributed by atoms with Gasteiger partial charge in [0.2, 0.25) is 0 Å². The molecule has 0 aliphatic carbocycles. The zero-order chi connectivity index (χ0) is 19.6. The standard InChI is InChI=1S/C19H22FN3O3S/c1-13-14(2)23(11-10-21-13)19(24)15-4-3-5-18(12-15)27(25,26)22-17-8-6-16(20)7-9-17/h3-9,12-14,21-22H,10-11H2,1-2H3. The van der Waals surface area contributed by atoms with E-state index in [1.165, 1.54) is 36.4 Å². The number of carbonyl (C=O) groups is 1. The molecule has 1 saturated heterocycles. The molecule has 1 heterocycles. The van der Waals surface area contributed by atoms with Crippen molar-refractivity contribution in [1.82, 2.24) is 10.2 Å². The quantitative estimate of drug-likeness (QED) is 0.839. The number of amides is 1. The molecule has 2 aromatic rings. The third-order valence-corrected chi connectivity index (χ3v) is 6.16. The second kappa shape index (κ2) is 7.66. The van der Waals surface area contributed by atoms with Crippen molar-refractivity contribution in [2.45, 2.75) is 30.8 Å². The Balaban J connectivity index is 1.84. The largest absolute Gasteiger partial charge is 0.333 e. The molecular formula is C19H22FN3O3S. The van der Waals surface area contributed by atoms with Gasteiger partial charge in [0.15, 0.2) is 0 Å². The van der Waals surface area contributed by atoms with E-state index >= 15 is 0 Å². The summed E-state index contributed by atoms with van der Waals surface area (Å²) in [5.41, 5.74) is 0.565. The summed E-state index contributed by atoms with van der Waals surface area (Å²) < 4.78 is 40.6. The molecule has 2 aromatic carbocycles. The van der Waals surface area contributed by atoms with Gasteiger partial charge in [-0.05, 0) is 56.3 Å². The number of nitrogens with zero attached hydrogens (tertiary/aromatic N) is 1. The topological polar surface area (TPSA) is 78.5 Å². The molecule has 1 aliphatic rings. The van der Waals surface area contributed by atoms with Gasteiger partial charge in [0.1, 0.15) is 5.82 Å². The maximum absolute atomic E-state index is 13.0. The first kappa shape index (κ1) is 19.3. The third kappa shape index (κ3) is 4.28. The Kier molecular flexibility index (Phi) is 5.48. The molecule has 1 fully saturated rings. The summed E-state index contributed by atoms with van der Waals surface area (Å²) in [5.74, 6) is -0.653. The fraction of sp³-hybridized carbons (Fsp3) is 0.316. The van der Waals surface area contributed by atoms with Crippen LogP contribution in [0.15, 0.2) is 53.4 Å². The van der Waals surface area contributed by atoms with E-state index in [-0.39, 0.29) is 28.6 Å². The van der Waals surface area contributed by atoms with Gasteiger partial charge in [-0.25, -0.2) is 12.8 Å². The Hall–Kier alpha value is -2.45. The van der Waals surface area contributed by atoms with Crippen LogP contribution in [0.2, 0.25) is 0 Å². The number of nitrogens with one attached hydrogen (secondary N) is 2. The fourth-order valence-corrected chi connectivity index (χ4v) is 4.14. The van der Waals surface area contributed by atoms with Crippen molar-refractivity contribution in [1.29, 1.82) is 0 Å². The van der Waals surface area contributed by atoms with Gasteiger partial charge in [0, 0.05) is 36.4 Å². The number of rotatable bonds is 4. The van der Waals surface area contributed by atoms with Crippen molar-refractivity contribution in [3.05, 3.63) is 59.9 Å². The maximum Gasteiger partial charge on any atom is 0.261 e. The first-order chi connectivity index (χ1) is 12.8. The number of benzene rings is 2. The Morgan fingerprint density at radius 1 is 1.19 bits per heavy atom. The zero-order valence-corrected chi connectivity index (χ0v) is 16.0.